The molecule has 0 saturated carbocycles. The van der Waals surface area contributed by atoms with Crippen LogP contribution < -0.4 is 14.8 Å². The molecule has 23 heteroatoms. The number of benzene rings is 5. The molecule has 2 nitrogen and oxygen atoms in total. The standard InChI is InChI=1S/C30H3BF20O2/c32-4-1-2-6(33)5(3-4)31(52-29-9(15(38)21(44)25(48)27(29)50)7-11(34)17(40)23(46)18(41)12(7)35)53-30-10(16(39)22(45)26(49)28(30)51)8-13(36)19(42)24(47)20(43)14(8)37/h1-3H. The van der Waals surface area contributed by atoms with E-state index in [1.54, 1.807) is 0 Å². The summed E-state index contributed by atoms with van der Waals surface area (Å²) in [6, 6.07) is 0.0507. The maximum Gasteiger partial charge on any atom is 0.635 e. The molecule has 0 atom stereocenters. The van der Waals surface area contributed by atoms with Crippen molar-refractivity contribution in [1.82, 2.24) is 0 Å². The van der Waals surface area contributed by atoms with E-state index >= 15 is 22.0 Å². The number of rotatable bonds is 7. The molecule has 0 aliphatic carbocycles. The Morgan fingerprint density at radius 1 is 0.302 bits per heavy atom. The lowest BCUT2D eigenvalue weighted by Gasteiger charge is -2.23. The molecular weight excluding hydrogens is 783 g/mol. The van der Waals surface area contributed by atoms with Crippen LogP contribution in [0.5, 0.6) is 11.5 Å². The Morgan fingerprint density at radius 3 is 0.887 bits per heavy atom. The van der Waals surface area contributed by atoms with Crippen LogP contribution in [0.3, 0.4) is 0 Å². The van der Waals surface area contributed by atoms with Crippen LogP contribution in [0, 0.1) is 116 Å². The number of hydrogen-bond donors (Lipinski definition) is 0. The van der Waals surface area contributed by atoms with Crippen molar-refractivity contribution < 1.29 is 97.1 Å². The lowest BCUT2D eigenvalue weighted by molar-refractivity contribution is 0.352. The van der Waals surface area contributed by atoms with Crippen LogP contribution in [0.1, 0.15) is 0 Å². The van der Waals surface area contributed by atoms with E-state index in [-0.39, 0.29) is 18.2 Å². The summed E-state index contributed by atoms with van der Waals surface area (Å²) in [5.41, 5.74) is -12.5. The first kappa shape index (κ1) is 38.6. The Balaban J connectivity index is 1.90. The highest BCUT2D eigenvalue weighted by molar-refractivity contribution is 6.63. The summed E-state index contributed by atoms with van der Waals surface area (Å²) in [6.45, 7) is 0. The first-order chi connectivity index (χ1) is 24.6. The van der Waals surface area contributed by atoms with Crippen LogP contribution in [0.2, 0.25) is 0 Å². The topological polar surface area (TPSA) is 18.5 Å². The quantitative estimate of drug-likeness (QED) is 0.0709. The Hall–Kier alpha value is -5.64. The second-order valence-electron chi connectivity index (χ2n) is 10.0. The van der Waals surface area contributed by atoms with Crippen molar-refractivity contribution >= 4 is 12.6 Å². The molecule has 53 heavy (non-hydrogen) atoms. The number of hydrogen-bond acceptors (Lipinski definition) is 2. The van der Waals surface area contributed by atoms with E-state index < -0.39 is 163 Å². The molecule has 5 rings (SSSR count). The Morgan fingerprint density at radius 2 is 0.566 bits per heavy atom. The summed E-state index contributed by atoms with van der Waals surface area (Å²) < 4.78 is 300. The van der Waals surface area contributed by atoms with E-state index in [4.69, 9.17) is 0 Å². The van der Waals surface area contributed by atoms with Crippen molar-refractivity contribution in [1.29, 1.82) is 0 Å². The average molecular weight is 786 g/mol. The zero-order valence-corrected chi connectivity index (χ0v) is 24.2. The lowest BCUT2D eigenvalue weighted by atomic mass is 9.77. The van der Waals surface area contributed by atoms with E-state index in [0.29, 0.717) is 0 Å². The van der Waals surface area contributed by atoms with Gasteiger partial charge in [-0.05, 0) is 18.2 Å². The third kappa shape index (κ3) is 6.00. The molecule has 0 heterocycles. The molecule has 0 bridgehead atoms. The van der Waals surface area contributed by atoms with E-state index in [1.165, 1.54) is 0 Å². The minimum Gasteiger partial charge on any atom is -0.519 e. The molecule has 0 aromatic heterocycles. The minimum absolute atomic E-state index is 0.0324. The SMILES string of the molecule is Fc1ccc(F)c(B(Oc2c(F)c(F)c(F)c(F)c2-c2c(F)c(F)c(F)c(F)c2F)Oc2c(F)c(F)c(F)c(F)c2-c2c(F)c(F)c(F)c(F)c2F)c1. The Kier molecular flexibility index (Phi) is 10.00. The first-order valence-electron chi connectivity index (χ1n) is 13.2. The van der Waals surface area contributed by atoms with Gasteiger partial charge in [0.05, 0.1) is 27.7 Å². The van der Waals surface area contributed by atoms with Gasteiger partial charge < -0.3 is 9.31 Å². The van der Waals surface area contributed by atoms with Crippen molar-refractivity contribution in [3.63, 3.8) is 0 Å². The summed E-state index contributed by atoms with van der Waals surface area (Å²) in [6.07, 6.45) is 0. The van der Waals surface area contributed by atoms with Gasteiger partial charge in [-0.15, -0.1) is 0 Å². The highest BCUT2D eigenvalue weighted by atomic mass is 19.2. The molecule has 0 spiro atoms. The predicted octanol–water partition coefficient (Wildman–Crippen LogP) is 9.66. The fourth-order valence-electron chi connectivity index (χ4n) is 4.60. The van der Waals surface area contributed by atoms with Gasteiger partial charge in [-0.25, -0.2) is 79.0 Å². The first-order valence-corrected chi connectivity index (χ1v) is 13.2. The van der Waals surface area contributed by atoms with Crippen molar-refractivity contribution in [2.45, 2.75) is 0 Å². The van der Waals surface area contributed by atoms with Gasteiger partial charge in [-0.3, -0.25) is 0 Å². The Bertz CT molecular complexity index is 2190. The minimum atomic E-state index is -3.72. The molecular formula is C30H3BF20O2. The van der Waals surface area contributed by atoms with E-state index in [9.17, 15) is 65.9 Å². The molecule has 0 aliphatic heterocycles. The normalized spacial score (nSPS) is 11.4. The molecule has 0 unspecified atom stereocenters. The zero-order valence-electron chi connectivity index (χ0n) is 24.2. The highest BCUT2D eigenvalue weighted by Gasteiger charge is 2.42. The van der Waals surface area contributed by atoms with Crippen molar-refractivity contribution in [3.8, 4) is 33.8 Å². The smallest absolute Gasteiger partial charge is 0.519 e. The summed E-state index contributed by atoms with van der Waals surface area (Å²) in [5.74, 6) is -64.2. The molecule has 0 radical (unpaired) electrons. The Labute approximate surface area is 278 Å². The molecule has 0 fully saturated rings. The van der Waals surface area contributed by atoms with Gasteiger partial charge in [0.1, 0.15) is 11.6 Å². The van der Waals surface area contributed by atoms with Gasteiger partial charge in [0, 0.05) is 0 Å². The van der Waals surface area contributed by atoms with Gasteiger partial charge in [0.15, 0.2) is 81.3 Å². The summed E-state index contributed by atoms with van der Waals surface area (Å²) in [4.78, 5) is 0. The predicted molar refractivity (Wildman–Crippen MR) is 136 cm³/mol. The third-order valence-electron chi connectivity index (χ3n) is 7.03. The molecule has 5 aromatic rings. The average Bonchev–Trinajstić information content (AvgIpc) is 3.13. The fraction of sp³-hybridized carbons (Fsp3) is 0. The van der Waals surface area contributed by atoms with Gasteiger partial charge >= 0.3 is 7.12 Å². The van der Waals surface area contributed by atoms with Crippen LogP contribution in [0.25, 0.3) is 22.3 Å². The fourth-order valence-corrected chi connectivity index (χ4v) is 4.60. The van der Waals surface area contributed by atoms with Crippen molar-refractivity contribution in [3.05, 3.63) is 135 Å². The molecule has 0 saturated heterocycles. The van der Waals surface area contributed by atoms with Gasteiger partial charge in [0.25, 0.3) is 0 Å². The second-order valence-corrected chi connectivity index (χ2v) is 10.0. The highest BCUT2D eigenvalue weighted by Crippen LogP contribution is 2.45. The summed E-state index contributed by atoms with van der Waals surface area (Å²) in [7, 11) is -3.72. The lowest BCUT2D eigenvalue weighted by Crippen LogP contribution is -2.45. The monoisotopic (exact) mass is 786 g/mol. The van der Waals surface area contributed by atoms with Crippen molar-refractivity contribution in [2.75, 3.05) is 0 Å². The number of halogens is 20. The summed E-state index contributed by atoms with van der Waals surface area (Å²) >= 11 is 0. The molecule has 0 amide bonds. The molecule has 278 valence electrons. The van der Waals surface area contributed by atoms with Crippen LogP contribution >= 0.6 is 0 Å². The van der Waals surface area contributed by atoms with Crippen LogP contribution in [0.4, 0.5) is 87.8 Å². The maximum atomic E-state index is 15.3. The largest absolute Gasteiger partial charge is 0.635 e. The molecule has 0 aliphatic rings. The van der Waals surface area contributed by atoms with Gasteiger partial charge in [-0.2, -0.15) is 8.78 Å². The van der Waals surface area contributed by atoms with Gasteiger partial charge in [-0.1, -0.05) is 0 Å². The van der Waals surface area contributed by atoms with Crippen molar-refractivity contribution in [2.24, 2.45) is 0 Å². The van der Waals surface area contributed by atoms with E-state index in [1.807, 2.05) is 0 Å². The molecule has 0 N–H and O–H groups in total. The second kappa shape index (κ2) is 13.7. The van der Waals surface area contributed by atoms with E-state index in [0.717, 1.165) is 0 Å². The van der Waals surface area contributed by atoms with Crippen LogP contribution in [-0.2, 0) is 0 Å². The maximum absolute atomic E-state index is 15.3. The summed E-state index contributed by atoms with van der Waals surface area (Å²) in [5, 5.41) is 0. The van der Waals surface area contributed by atoms with Crippen LogP contribution in [-0.4, -0.2) is 7.12 Å². The zero-order chi connectivity index (χ0) is 39.7. The van der Waals surface area contributed by atoms with Gasteiger partial charge in [0.2, 0.25) is 34.9 Å². The van der Waals surface area contributed by atoms with Crippen LogP contribution in [0.15, 0.2) is 18.2 Å². The molecule has 5 aromatic carbocycles. The third-order valence-corrected chi connectivity index (χ3v) is 7.03. The van der Waals surface area contributed by atoms with E-state index in [2.05, 4.69) is 9.31 Å².